The summed E-state index contributed by atoms with van der Waals surface area (Å²) in [5, 5.41) is 18.9. The number of hydrogen-bond donors (Lipinski definition) is 3. The summed E-state index contributed by atoms with van der Waals surface area (Å²) in [6.07, 6.45) is -0.170. The number of aromatic nitrogens is 1. The summed E-state index contributed by atoms with van der Waals surface area (Å²) < 4.78 is 11.8. The minimum atomic E-state index is -0.0950. The summed E-state index contributed by atoms with van der Waals surface area (Å²) >= 11 is 1.85. The van der Waals surface area contributed by atoms with Gasteiger partial charge in [0.25, 0.3) is 0 Å². The second kappa shape index (κ2) is 13.0. The van der Waals surface area contributed by atoms with Gasteiger partial charge in [-0.3, -0.25) is 16.0 Å². The Morgan fingerprint density at radius 3 is 1.75 bits per heavy atom. The number of nitrogens with zero attached hydrogens (tertiary/aromatic N) is 1. The predicted molar refractivity (Wildman–Crippen MR) is 237 cm³/mol. The monoisotopic (exact) mass is 752 g/mol. The Labute approximate surface area is 332 Å². The van der Waals surface area contributed by atoms with Gasteiger partial charge in [-0.15, -0.1) is 11.3 Å². The minimum absolute atomic E-state index is 0.0376. The fraction of sp³-hybridized carbons (Fsp3) is 0.0588. The molecule has 1 aliphatic heterocycles. The van der Waals surface area contributed by atoms with Gasteiger partial charge >= 0.3 is 0 Å². The van der Waals surface area contributed by atoms with E-state index in [0.29, 0.717) is 0 Å². The molecule has 57 heavy (non-hydrogen) atoms. The maximum absolute atomic E-state index is 6.86. The Morgan fingerprint density at radius 1 is 0.439 bits per heavy atom. The zero-order chi connectivity index (χ0) is 37.5. The van der Waals surface area contributed by atoms with Crippen LogP contribution in [0.5, 0.6) is 0 Å². The zero-order valence-corrected chi connectivity index (χ0v) is 31.6. The van der Waals surface area contributed by atoms with E-state index in [1.165, 1.54) is 58.7 Å². The Kier molecular flexibility index (Phi) is 7.46. The lowest BCUT2D eigenvalue weighted by molar-refractivity contribution is 0.204. The van der Waals surface area contributed by atoms with Gasteiger partial charge in [-0.1, -0.05) is 133 Å². The van der Waals surface area contributed by atoms with E-state index in [1.54, 1.807) is 0 Å². The molecule has 3 aromatic heterocycles. The van der Waals surface area contributed by atoms with Gasteiger partial charge in [-0.2, -0.15) is 0 Å². The molecule has 1 saturated heterocycles. The molecular weight excluding hydrogens is 717 g/mol. The van der Waals surface area contributed by atoms with E-state index in [4.69, 9.17) is 4.42 Å². The van der Waals surface area contributed by atoms with Crippen LogP contribution in [0.1, 0.15) is 35.2 Å². The third-order valence-corrected chi connectivity index (χ3v) is 12.9. The smallest absolute Gasteiger partial charge is 0.159 e. The second-order valence-electron chi connectivity index (χ2n) is 15.0. The van der Waals surface area contributed by atoms with Crippen LogP contribution in [0.2, 0.25) is 0 Å². The largest absolute Gasteiger partial charge is 0.454 e. The number of furan rings is 1. The molecule has 0 radical (unpaired) electrons. The molecule has 8 aromatic carbocycles. The molecule has 0 amide bonds. The molecule has 1 aliphatic rings. The summed E-state index contributed by atoms with van der Waals surface area (Å²) in [5.74, 6) is 0. The first-order valence-corrected chi connectivity index (χ1v) is 20.3. The van der Waals surface area contributed by atoms with Crippen molar-refractivity contribution >= 4 is 75.3 Å². The number of rotatable bonds is 5. The Morgan fingerprint density at radius 2 is 1.04 bits per heavy atom. The lowest BCUT2D eigenvalue weighted by Crippen LogP contribution is -2.54. The number of nitrogens with one attached hydrogen (secondary N) is 3. The molecule has 0 spiro atoms. The molecule has 2 atom stereocenters. The summed E-state index contributed by atoms with van der Waals surface area (Å²) in [4.78, 5) is 0. The van der Waals surface area contributed by atoms with Crippen molar-refractivity contribution < 1.29 is 4.42 Å². The van der Waals surface area contributed by atoms with Crippen molar-refractivity contribution in [2.75, 3.05) is 0 Å². The van der Waals surface area contributed by atoms with Crippen molar-refractivity contribution in [2.24, 2.45) is 0 Å². The van der Waals surface area contributed by atoms with Crippen LogP contribution >= 0.6 is 11.3 Å². The third-order valence-electron chi connectivity index (χ3n) is 11.7. The number of fused-ring (bicyclic) bond motifs is 9. The molecule has 0 bridgehead atoms. The number of para-hydroxylation sites is 3. The summed E-state index contributed by atoms with van der Waals surface area (Å²) in [5.41, 5.74) is 11.1. The van der Waals surface area contributed by atoms with E-state index in [1.807, 2.05) is 11.3 Å². The van der Waals surface area contributed by atoms with Crippen LogP contribution < -0.4 is 16.0 Å². The lowest BCUT2D eigenvalue weighted by Gasteiger charge is -2.40. The van der Waals surface area contributed by atoms with Gasteiger partial charge in [0, 0.05) is 41.7 Å². The van der Waals surface area contributed by atoms with Crippen LogP contribution in [-0.4, -0.2) is 4.57 Å². The van der Waals surface area contributed by atoms with Gasteiger partial charge in [0.2, 0.25) is 0 Å². The van der Waals surface area contributed by atoms with Gasteiger partial charge in [0.1, 0.15) is 5.58 Å². The first-order chi connectivity index (χ1) is 28.2. The minimum Gasteiger partial charge on any atom is -0.454 e. The highest BCUT2D eigenvalue weighted by Gasteiger charge is 2.31. The summed E-state index contributed by atoms with van der Waals surface area (Å²) in [6.45, 7) is 0. The van der Waals surface area contributed by atoms with Crippen LogP contribution in [0.15, 0.2) is 186 Å². The van der Waals surface area contributed by atoms with E-state index < -0.39 is 0 Å². The predicted octanol–water partition coefficient (Wildman–Crippen LogP) is 12.9. The maximum Gasteiger partial charge on any atom is 0.159 e. The van der Waals surface area contributed by atoms with Crippen LogP contribution in [-0.2, 0) is 0 Å². The standard InChI is InChI=1S/C51H36N4OS/c1-3-13-31(14-4-1)49-52-50(32-15-5-2-6-16-32)54-51(53-49)39-20-12-24-46-47(39)40-29-33(26-28-45(40)57-46)34-25-27-37-38-19-11-23-43(48(38)56-44(37)30-34)55-41-21-9-7-17-35(41)36-18-8-10-22-42(36)55/h1-30,49-54H. The van der Waals surface area contributed by atoms with Crippen molar-refractivity contribution in [3.05, 3.63) is 199 Å². The highest BCUT2D eigenvalue weighted by Crippen LogP contribution is 2.43. The van der Waals surface area contributed by atoms with Crippen LogP contribution in [0.4, 0.5) is 0 Å². The third kappa shape index (κ3) is 5.27. The molecule has 272 valence electrons. The molecule has 2 unspecified atom stereocenters. The average molecular weight is 753 g/mol. The average Bonchev–Trinajstić information content (AvgIpc) is 3.96. The van der Waals surface area contributed by atoms with E-state index >= 15 is 0 Å². The fourth-order valence-electron chi connectivity index (χ4n) is 9.10. The van der Waals surface area contributed by atoms with Crippen LogP contribution in [0, 0.1) is 0 Å². The Bertz CT molecular complexity index is 3210. The number of hydrogen-bond acceptors (Lipinski definition) is 5. The molecule has 1 fully saturated rings. The van der Waals surface area contributed by atoms with Crippen molar-refractivity contribution in [1.82, 2.24) is 20.5 Å². The van der Waals surface area contributed by atoms with E-state index in [9.17, 15) is 0 Å². The van der Waals surface area contributed by atoms with E-state index in [-0.39, 0.29) is 18.5 Å². The molecule has 6 heteroatoms. The topological polar surface area (TPSA) is 54.2 Å². The van der Waals surface area contributed by atoms with Crippen molar-refractivity contribution in [2.45, 2.75) is 18.5 Å². The first kappa shape index (κ1) is 32.7. The van der Waals surface area contributed by atoms with Crippen LogP contribution in [0.25, 0.3) is 80.7 Å². The molecule has 0 aliphatic carbocycles. The van der Waals surface area contributed by atoms with Crippen molar-refractivity contribution in [3.63, 3.8) is 0 Å². The van der Waals surface area contributed by atoms with E-state index in [2.05, 4.69) is 203 Å². The summed E-state index contributed by atoms with van der Waals surface area (Å²) in [6, 6.07) is 65.4. The SMILES string of the molecule is c1ccc(C2NC(c3ccccc3)NC(c3cccc4sc5ccc(-c6ccc7c(c6)oc6c(-n8c9ccccc9c9ccccc98)cccc67)cc5c34)N2)cc1. The van der Waals surface area contributed by atoms with Gasteiger partial charge in [-0.05, 0) is 76.3 Å². The van der Waals surface area contributed by atoms with Gasteiger partial charge in [0.05, 0.1) is 35.2 Å². The Hall–Kier alpha value is -6.54. The highest BCUT2D eigenvalue weighted by atomic mass is 32.1. The molecule has 12 rings (SSSR count). The zero-order valence-electron chi connectivity index (χ0n) is 30.8. The normalized spacial score (nSPS) is 17.4. The van der Waals surface area contributed by atoms with Crippen molar-refractivity contribution in [3.8, 4) is 16.8 Å². The lowest BCUT2D eigenvalue weighted by atomic mass is 9.98. The molecule has 5 nitrogen and oxygen atoms in total. The molecule has 3 N–H and O–H groups in total. The van der Waals surface area contributed by atoms with Gasteiger partial charge in [-0.25, -0.2) is 0 Å². The highest BCUT2D eigenvalue weighted by molar-refractivity contribution is 7.25. The second-order valence-corrected chi connectivity index (χ2v) is 16.1. The number of benzene rings is 8. The Balaban J connectivity index is 0.971. The quantitative estimate of drug-likeness (QED) is 0.164. The van der Waals surface area contributed by atoms with E-state index in [0.717, 1.165) is 38.8 Å². The van der Waals surface area contributed by atoms with Gasteiger partial charge < -0.3 is 8.98 Å². The molecule has 0 saturated carbocycles. The fourth-order valence-corrected chi connectivity index (χ4v) is 10.2. The van der Waals surface area contributed by atoms with Crippen LogP contribution in [0.3, 0.4) is 0 Å². The summed E-state index contributed by atoms with van der Waals surface area (Å²) in [7, 11) is 0. The maximum atomic E-state index is 6.86. The molecule has 4 heterocycles. The van der Waals surface area contributed by atoms with Gasteiger partial charge in [0.15, 0.2) is 5.58 Å². The molecular formula is C51H36N4OS. The number of thiophene rings is 1. The molecule has 11 aromatic rings. The first-order valence-electron chi connectivity index (χ1n) is 19.5. The van der Waals surface area contributed by atoms with Crippen molar-refractivity contribution in [1.29, 1.82) is 0 Å².